The van der Waals surface area contributed by atoms with Crippen LogP contribution in [0.4, 0.5) is 4.39 Å². The fourth-order valence-electron chi connectivity index (χ4n) is 3.57. The van der Waals surface area contributed by atoms with Gasteiger partial charge in [-0.15, -0.1) is 0 Å². The molecule has 1 N–H and O–H groups in total. The summed E-state index contributed by atoms with van der Waals surface area (Å²) >= 11 is 0. The Morgan fingerprint density at radius 2 is 1.75 bits per heavy atom. The predicted molar refractivity (Wildman–Crippen MR) is 42.9 cm³/mol. The van der Waals surface area contributed by atoms with E-state index in [0.717, 1.165) is 31.6 Å². The summed E-state index contributed by atoms with van der Waals surface area (Å²) < 4.78 is 13.7. The molecule has 4 bridgehead atoms. The average molecular weight is 169 g/mol. The topological polar surface area (TPSA) is 20.2 Å². The highest BCUT2D eigenvalue weighted by Gasteiger charge is 2.57. The third-order valence-corrected chi connectivity index (χ3v) is 4.01. The Labute approximate surface area is 72.0 Å². The van der Waals surface area contributed by atoms with Crippen LogP contribution in [0, 0.1) is 23.7 Å². The molecule has 4 aliphatic rings. The highest BCUT2D eigenvalue weighted by atomic mass is 19.2. The number of hydrogen-bond acceptors (Lipinski definition) is 1. The van der Waals surface area contributed by atoms with E-state index in [1.807, 2.05) is 0 Å². The summed E-state index contributed by atoms with van der Waals surface area (Å²) in [6, 6.07) is 0. The molecular weight excluding hydrogens is 155 g/mol. The third kappa shape index (κ3) is 0.769. The van der Waals surface area contributed by atoms with Crippen LogP contribution in [0.5, 0.6) is 0 Å². The van der Waals surface area contributed by atoms with Gasteiger partial charge in [-0.2, -0.15) is 0 Å². The Morgan fingerprint density at radius 1 is 1.17 bits per heavy atom. The van der Waals surface area contributed by atoms with Gasteiger partial charge in [0, 0.05) is 11.8 Å². The zero-order valence-electron chi connectivity index (χ0n) is 7.09. The lowest BCUT2D eigenvalue weighted by Gasteiger charge is -2.54. The van der Waals surface area contributed by atoms with Crippen molar-refractivity contribution in [3.8, 4) is 0 Å². The zero-order chi connectivity index (χ0) is 8.34. The molecule has 0 amide bonds. The standard InChI is InChI=1S/C10H14FO/c11-10(12)8-2-6-1-7(4-8)5-9(10)3-6/h6-8,12H,1-5H2. The van der Waals surface area contributed by atoms with Gasteiger partial charge in [0.1, 0.15) is 0 Å². The molecule has 4 aliphatic carbocycles. The van der Waals surface area contributed by atoms with E-state index in [1.54, 1.807) is 0 Å². The van der Waals surface area contributed by atoms with Crippen molar-refractivity contribution in [2.24, 2.45) is 17.8 Å². The smallest absolute Gasteiger partial charge is 0.216 e. The van der Waals surface area contributed by atoms with Gasteiger partial charge in [0.05, 0.1) is 0 Å². The maximum atomic E-state index is 13.7. The van der Waals surface area contributed by atoms with Crippen molar-refractivity contribution in [2.75, 3.05) is 0 Å². The summed E-state index contributed by atoms with van der Waals surface area (Å²) in [6.45, 7) is 0. The molecule has 12 heavy (non-hydrogen) atoms. The van der Waals surface area contributed by atoms with Gasteiger partial charge in [0.25, 0.3) is 0 Å². The second-order valence-corrected chi connectivity index (χ2v) is 4.82. The van der Waals surface area contributed by atoms with Crippen molar-refractivity contribution in [3.05, 3.63) is 5.92 Å². The van der Waals surface area contributed by atoms with Gasteiger partial charge < -0.3 is 5.11 Å². The first-order valence-electron chi connectivity index (χ1n) is 4.92. The fourth-order valence-corrected chi connectivity index (χ4v) is 3.57. The van der Waals surface area contributed by atoms with Crippen molar-refractivity contribution in [1.82, 2.24) is 0 Å². The van der Waals surface area contributed by atoms with Crippen LogP contribution in [-0.2, 0) is 0 Å². The maximum absolute atomic E-state index is 13.7. The van der Waals surface area contributed by atoms with E-state index in [1.165, 1.54) is 6.42 Å². The molecule has 3 unspecified atom stereocenters. The lowest BCUT2D eigenvalue weighted by molar-refractivity contribution is -0.187. The molecule has 0 aliphatic heterocycles. The Kier molecular flexibility index (Phi) is 1.24. The minimum atomic E-state index is -1.88. The van der Waals surface area contributed by atoms with E-state index in [9.17, 15) is 9.50 Å². The van der Waals surface area contributed by atoms with Crippen LogP contribution < -0.4 is 0 Å². The molecule has 0 aromatic rings. The number of alkyl halides is 1. The summed E-state index contributed by atoms with van der Waals surface area (Å²) in [4.78, 5) is 0. The molecule has 67 valence electrons. The molecule has 0 aromatic carbocycles. The van der Waals surface area contributed by atoms with E-state index < -0.39 is 5.85 Å². The summed E-state index contributed by atoms with van der Waals surface area (Å²) in [5.41, 5.74) is 0. The van der Waals surface area contributed by atoms with Crippen molar-refractivity contribution in [2.45, 2.75) is 38.0 Å². The van der Waals surface area contributed by atoms with E-state index >= 15 is 0 Å². The Balaban J connectivity index is 1.96. The molecule has 0 saturated heterocycles. The lowest BCUT2D eigenvalue weighted by Crippen LogP contribution is -2.53. The van der Waals surface area contributed by atoms with Crippen LogP contribution in [0.15, 0.2) is 0 Å². The van der Waals surface area contributed by atoms with Gasteiger partial charge in [-0.1, -0.05) is 0 Å². The maximum Gasteiger partial charge on any atom is 0.216 e. The van der Waals surface area contributed by atoms with E-state index in [0.29, 0.717) is 11.8 Å². The predicted octanol–water partition coefficient (Wildman–Crippen LogP) is 2.06. The summed E-state index contributed by atoms with van der Waals surface area (Å²) in [5, 5.41) is 9.59. The first kappa shape index (κ1) is 7.31. The molecule has 4 saturated carbocycles. The minimum absolute atomic E-state index is 0.0567. The van der Waals surface area contributed by atoms with Crippen molar-refractivity contribution >= 4 is 0 Å². The van der Waals surface area contributed by atoms with Crippen molar-refractivity contribution in [1.29, 1.82) is 0 Å². The first-order chi connectivity index (χ1) is 5.66. The molecular formula is C10H14FO. The molecule has 2 heteroatoms. The number of aliphatic hydroxyl groups is 1. The molecule has 0 spiro atoms. The van der Waals surface area contributed by atoms with Gasteiger partial charge >= 0.3 is 0 Å². The van der Waals surface area contributed by atoms with Crippen LogP contribution in [0.25, 0.3) is 0 Å². The van der Waals surface area contributed by atoms with Gasteiger partial charge in [-0.25, -0.2) is 4.39 Å². The molecule has 1 nitrogen and oxygen atoms in total. The molecule has 3 atom stereocenters. The summed E-state index contributed by atoms with van der Waals surface area (Å²) in [7, 11) is 0. The van der Waals surface area contributed by atoms with Crippen molar-refractivity contribution < 1.29 is 9.50 Å². The van der Waals surface area contributed by atoms with Crippen molar-refractivity contribution in [3.63, 3.8) is 0 Å². The summed E-state index contributed by atoms with van der Waals surface area (Å²) in [6.07, 6.45) is 4.86. The fraction of sp³-hybridized carbons (Fsp3) is 0.900. The van der Waals surface area contributed by atoms with Crippen LogP contribution in [0.3, 0.4) is 0 Å². The average Bonchev–Trinajstić information content (AvgIpc) is 1.99. The molecule has 4 rings (SSSR count). The molecule has 4 fully saturated rings. The second-order valence-electron chi connectivity index (χ2n) is 4.82. The van der Waals surface area contributed by atoms with Gasteiger partial charge in [0.15, 0.2) is 0 Å². The largest absolute Gasteiger partial charge is 0.361 e. The first-order valence-corrected chi connectivity index (χ1v) is 4.92. The van der Waals surface area contributed by atoms with E-state index in [-0.39, 0.29) is 5.92 Å². The highest BCUT2D eigenvalue weighted by Crippen LogP contribution is 2.59. The van der Waals surface area contributed by atoms with E-state index in [2.05, 4.69) is 0 Å². The SMILES string of the molecule is OC1(F)[C]2CC3CC(C2)CC1C3. The quantitative estimate of drug-likeness (QED) is 0.588. The Hall–Kier alpha value is -0.110. The number of halogens is 1. The molecule has 1 radical (unpaired) electrons. The molecule has 0 aromatic heterocycles. The Bertz CT molecular complexity index is 182. The van der Waals surface area contributed by atoms with Gasteiger partial charge in [-0.3, -0.25) is 0 Å². The lowest BCUT2D eigenvalue weighted by atomic mass is 9.54. The third-order valence-electron chi connectivity index (χ3n) is 4.01. The highest BCUT2D eigenvalue weighted by molar-refractivity contribution is 5.17. The minimum Gasteiger partial charge on any atom is -0.361 e. The van der Waals surface area contributed by atoms with Crippen LogP contribution in [-0.4, -0.2) is 11.0 Å². The normalized spacial score (nSPS) is 58.0. The van der Waals surface area contributed by atoms with Crippen LogP contribution in [0.2, 0.25) is 0 Å². The van der Waals surface area contributed by atoms with Crippen LogP contribution >= 0.6 is 0 Å². The summed E-state index contributed by atoms with van der Waals surface area (Å²) in [5.74, 6) is 0.278. The zero-order valence-corrected chi connectivity index (χ0v) is 7.09. The Morgan fingerprint density at radius 3 is 2.25 bits per heavy atom. The number of rotatable bonds is 0. The van der Waals surface area contributed by atoms with Gasteiger partial charge in [-0.05, 0) is 43.9 Å². The van der Waals surface area contributed by atoms with E-state index in [4.69, 9.17) is 0 Å². The second kappa shape index (κ2) is 2.03. The van der Waals surface area contributed by atoms with Gasteiger partial charge in [0.2, 0.25) is 5.85 Å². The number of hydrogen-bond donors (Lipinski definition) is 1. The molecule has 0 heterocycles. The van der Waals surface area contributed by atoms with Crippen LogP contribution in [0.1, 0.15) is 32.1 Å². The monoisotopic (exact) mass is 169 g/mol.